The van der Waals surface area contributed by atoms with Crippen molar-refractivity contribution < 1.29 is 4.79 Å². The number of nitrogens with zero attached hydrogens (tertiary/aromatic N) is 1. The van der Waals surface area contributed by atoms with E-state index in [1.807, 2.05) is 39.0 Å². The van der Waals surface area contributed by atoms with Crippen LogP contribution in [0.25, 0.3) is 0 Å². The van der Waals surface area contributed by atoms with Crippen molar-refractivity contribution in [3.05, 3.63) is 34.9 Å². The number of rotatable bonds is 5. The summed E-state index contributed by atoms with van der Waals surface area (Å²) >= 11 is 6.11. The number of amides is 1. The van der Waals surface area contributed by atoms with E-state index in [0.717, 1.165) is 24.4 Å². The Morgan fingerprint density at radius 3 is 2.48 bits per heavy atom. The van der Waals surface area contributed by atoms with Crippen molar-refractivity contribution in [2.24, 2.45) is 4.99 Å². The summed E-state index contributed by atoms with van der Waals surface area (Å²) in [4.78, 5) is 16.1. The second kappa shape index (κ2) is 9.07. The van der Waals surface area contributed by atoms with Gasteiger partial charge in [-0.2, -0.15) is 0 Å². The predicted octanol–water partition coefficient (Wildman–Crippen LogP) is 3.07. The molecule has 1 aliphatic rings. The Labute approximate surface area is 172 Å². The van der Waals surface area contributed by atoms with Crippen molar-refractivity contribution >= 4 is 47.4 Å². The molecule has 0 radical (unpaired) electrons. The van der Waals surface area contributed by atoms with Crippen LogP contribution in [0.1, 0.15) is 39.2 Å². The summed E-state index contributed by atoms with van der Waals surface area (Å²) in [6.07, 6.45) is 2.25. The van der Waals surface area contributed by atoms with Crippen LogP contribution in [0.2, 0.25) is 5.02 Å². The van der Waals surface area contributed by atoms with E-state index >= 15 is 0 Å². The molecule has 5 nitrogen and oxygen atoms in total. The zero-order chi connectivity index (χ0) is 17.8. The fourth-order valence-electron chi connectivity index (χ4n) is 2.64. The lowest BCUT2D eigenvalue weighted by Crippen LogP contribution is -2.49. The number of nitrogens with one attached hydrogen (secondary N) is 3. The highest BCUT2D eigenvalue weighted by Gasteiger charge is 2.44. The van der Waals surface area contributed by atoms with Gasteiger partial charge < -0.3 is 16.0 Å². The maximum atomic E-state index is 11.9. The first kappa shape index (κ1) is 22.0. The topological polar surface area (TPSA) is 65.5 Å². The maximum Gasteiger partial charge on any atom is 0.239 e. The second-order valence-corrected chi connectivity index (χ2v) is 7.80. The largest absolute Gasteiger partial charge is 0.356 e. The van der Waals surface area contributed by atoms with Gasteiger partial charge in [-0.15, -0.1) is 24.0 Å². The summed E-state index contributed by atoms with van der Waals surface area (Å²) in [6.45, 7) is 6.84. The Balaban J connectivity index is 0.00000312. The Kier molecular flexibility index (Phi) is 7.99. The summed E-state index contributed by atoms with van der Waals surface area (Å²) in [5.41, 5.74) is 1.14. The number of hydrogen-bond acceptors (Lipinski definition) is 2. The Bertz CT molecular complexity index is 624. The molecule has 1 saturated carbocycles. The van der Waals surface area contributed by atoms with E-state index in [9.17, 15) is 4.79 Å². The molecule has 7 heteroatoms. The van der Waals surface area contributed by atoms with E-state index < -0.39 is 0 Å². The normalized spacial score (nSPS) is 15.8. The molecule has 1 aromatic carbocycles. The summed E-state index contributed by atoms with van der Waals surface area (Å²) in [5, 5.41) is 10.1. The zero-order valence-electron chi connectivity index (χ0n) is 15.3. The van der Waals surface area contributed by atoms with Crippen LogP contribution in [-0.4, -0.2) is 37.5 Å². The quantitative estimate of drug-likeness (QED) is 0.346. The van der Waals surface area contributed by atoms with E-state index in [0.29, 0.717) is 5.96 Å². The summed E-state index contributed by atoms with van der Waals surface area (Å²) < 4.78 is 0. The first-order chi connectivity index (χ1) is 11.2. The molecule has 0 heterocycles. The number of benzene rings is 1. The number of aliphatic imine (C=N–C) groups is 1. The molecule has 0 bridgehead atoms. The lowest BCUT2D eigenvalue weighted by atomic mass is 9.96. The molecule has 0 aliphatic heterocycles. The van der Waals surface area contributed by atoms with Gasteiger partial charge in [-0.1, -0.05) is 23.7 Å². The van der Waals surface area contributed by atoms with Crippen LogP contribution >= 0.6 is 35.6 Å². The van der Waals surface area contributed by atoms with Crippen LogP contribution in [0.5, 0.6) is 0 Å². The molecule has 1 aliphatic carbocycles. The highest BCUT2D eigenvalue weighted by Crippen LogP contribution is 2.48. The van der Waals surface area contributed by atoms with Crippen LogP contribution in [0.4, 0.5) is 0 Å². The summed E-state index contributed by atoms with van der Waals surface area (Å²) in [7, 11) is 1.70. The summed E-state index contributed by atoms with van der Waals surface area (Å²) in [6, 6.07) is 8.03. The van der Waals surface area contributed by atoms with Crippen LogP contribution in [0, 0.1) is 0 Å². The highest BCUT2D eigenvalue weighted by atomic mass is 127. The molecule has 0 saturated heterocycles. The summed E-state index contributed by atoms with van der Waals surface area (Å²) in [5.74, 6) is 0.578. The maximum absolute atomic E-state index is 11.9. The van der Waals surface area contributed by atoms with Gasteiger partial charge in [-0.3, -0.25) is 9.79 Å². The molecule has 140 valence electrons. The van der Waals surface area contributed by atoms with Crippen molar-refractivity contribution in [3.63, 3.8) is 0 Å². The molecular formula is C18H28ClIN4O. The number of hydrogen-bond donors (Lipinski definition) is 3. The fourth-order valence-corrected chi connectivity index (χ4v) is 2.83. The number of guanidine groups is 1. The first-order valence-corrected chi connectivity index (χ1v) is 8.63. The van der Waals surface area contributed by atoms with E-state index in [4.69, 9.17) is 11.6 Å². The molecule has 0 aromatic heterocycles. The molecular weight excluding hydrogens is 451 g/mol. The lowest BCUT2D eigenvalue weighted by molar-refractivity contribution is -0.121. The van der Waals surface area contributed by atoms with Gasteiger partial charge in [-0.25, -0.2) is 0 Å². The van der Waals surface area contributed by atoms with Gasteiger partial charge in [0.25, 0.3) is 0 Å². The monoisotopic (exact) mass is 478 g/mol. The Morgan fingerprint density at radius 1 is 1.28 bits per heavy atom. The minimum Gasteiger partial charge on any atom is -0.356 e. The standard InChI is InChI=1S/C18H27ClN4O.HI/c1-17(2,3)23-15(24)11-21-16(20-4)22-12-18(8-9-18)13-6-5-7-14(19)10-13;/h5-7,10H,8-9,11-12H2,1-4H3,(H,23,24)(H2,20,21,22);1H. The zero-order valence-corrected chi connectivity index (χ0v) is 18.4. The van der Waals surface area contributed by atoms with Crippen molar-refractivity contribution in [2.75, 3.05) is 20.1 Å². The molecule has 0 unspecified atom stereocenters. The van der Waals surface area contributed by atoms with E-state index in [-0.39, 0.29) is 47.4 Å². The number of halogens is 2. The van der Waals surface area contributed by atoms with Gasteiger partial charge in [0, 0.05) is 29.6 Å². The number of carbonyl (C=O) groups is 1. The van der Waals surface area contributed by atoms with Gasteiger partial charge in [0.2, 0.25) is 5.91 Å². The van der Waals surface area contributed by atoms with Gasteiger partial charge in [0.1, 0.15) is 0 Å². The minimum atomic E-state index is -0.236. The van der Waals surface area contributed by atoms with Crippen molar-refractivity contribution in [1.29, 1.82) is 0 Å². The molecule has 0 atom stereocenters. The molecule has 3 N–H and O–H groups in total. The van der Waals surface area contributed by atoms with E-state index in [2.05, 4.69) is 27.0 Å². The third kappa shape index (κ3) is 7.01. The minimum absolute atomic E-state index is 0. The molecule has 1 amide bonds. The molecule has 0 spiro atoms. The number of carbonyl (C=O) groups excluding carboxylic acids is 1. The smallest absolute Gasteiger partial charge is 0.239 e. The Morgan fingerprint density at radius 2 is 1.96 bits per heavy atom. The van der Waals surface area contributed by atoms with Crippen molar-refractivity contribution in [3.8, 4) is 0 Å². The highest BCUT2D eigenvalue weighted by molar-refractivity contribution is 14.0. The first-order valence-electron chi connectivity index (χ1n) is 8.26. The van der Waals surface area contributed by atoms with E-state index in [1.165, 1.54) is 5.56 Å². The van der Waals surface area contributed by atoms with Crippen molar-refractivity contribution in [1.82, 2.24) is 16.0 Å². The van der Waals surface area contributed by atoms with Crippen molar-refractivity contribution in [2.45, 2.75) is 44.6 Å². The predicted molar refractivity (Wildman–Crippen MR) is 115 cm³/mol. The SMILES string of the molecule is CN=C(NCC(=O)NC(C)(C)C)NCC1(c2cccc(Cl)c2)CC1.I. The molecule has 2 rings (SSSR count). The van der Waals surface area contributed by atoms with E-state index in [1.54, 1.807) is 7.05 Å². The van der Waals surface area contributed by atoms with Crippen LogP contribution in [0.3, 0.4) is 0 Å². The van der Waals surface area contributed by atoms with Gasteiger partial charge in [0.05, 0.1) is 6.54 Å². The third-order valence-electron chi connectivity index (χ3n) is 4.04. The van der Waals surface area contributed by atoms with Gasteiger partial charge in [-0.05, 0) is 51.3 Å². The third-order valence-corrected chi connectivity index (χ3v) is 4.27. The second-order valence-electron chi connectivity index (χ2n) is 7.37. The average Bonchev–Trinajstić information content (AvgIpc) is 3.27. The molecule has 1 fully saturated rings. The van der Waals surface area contributed by atoms with Crippen LogP contribution in [0.15, 0.2) is 29.3 Å². The average molecular weight is 479 g/mol. The Hall–Kier alpha value is -1.02. The van der Waals surface area contributed by atoms with Gasteiger partial charge >= 0.3 is 0 Å². The fraction of sp³-hybridized carbons (Fsp3) is 0.556. The molecule has 1 aromatic rings. The van der Waals surface area contributed by atoms with Gasteiger partial charge in [0.15, 0.2) is 5.96 Å². The van der Waals surface area contributed by atoms with Crippen LogP contribution < -0.4 is 16.0 Å². The van der Waals surface area contributed by atoms with Crippen LogP contribution in [-0.2, 0) is 10.2 Å². The molecule has 25 heavy (non-hydrogen) atoms. The lowest BCUT2D eigenvalue weighted by Gasteiger charge is -2.22.